The lowest BCUT2D eigenvalue weighted by molar-refractivity contribution is 0.226. The summed E-state index contributed by atoms with van der Waals surface area (Å²) in [4.78, 5) is 0. The number of unbranched alkanes of at least 4 members (excludes halogenated alkanes) is 2. The molecule has 3 heterocycles. The molecule has 1 aliphatic carbocycles. The maximum absolute atomic E-state index is 2.59. The van der Waals surface area contributed by atoms with Crippen molar-refractivity contribution in [3.05, 3.63) is 0 Å². The Labute approximate surface area is 159 Å². The summed E-state index contributed by atoms with van der Waals surface area (Å²) in [6, 6.07) is 0. The van der Waals surface area contributed by atoms with Crippen molar-refractivity contribution in [1.82, 2.24) is 0 Å². The fraction of sp³-hybridized carbons (Fsp3) is 1.00. The lowest BCUT2D eigenvalue weighted by Gasteiger charge is -2.43. The minimum absolute atomic E-state index is 0.0353. The van der Waals surface area contributed by atoms with Crippen LogP contribution < -0.4 is 0 Å². The summed E-state index contributed by atoms with van der Waals surface area (Å²) >= 11 is 0. The molecule has 0 aromatic heterocycles. The van der Waals surface area contributed by atoms with Crippen LogP contribution in [0.2, 0.25) is 18.0 Å². The van der Waals surface area contributed by atoms with Gasteiger partial charge in [-0.25, -0.2) is 0 Å². The van der Waals surface area contributed by atoms with Crippen LogP contribution in [0.15, 0.2) is 0 Å². The highest BCUT2D eigenvalue weighted by atomic mass is 31.1. The Hall–Kier alpha value is 0.495. The summed E-state index contributed by atoms with van der Waals surface area (Å²) in [5, 5.41) is 0. The van der Waals surface area contributed by atoms with Crippen LogP contribution in [-0.2, 0) is 0 Å². The van der Waals surface area contributed by atoms with E-state index >= 15 is 0 Å². The molecule has 0 amide bonds. The quantitative estimate of drug-likeness (QED) is 0.262. The highest BCUT2D eigenvalue weighted by Gasteiger charge is 2.45. The molecule has 2 heteroatoms. The minimum Gasteiger partial charge on any atom is -0.0737 e. The standard InChI is InChI=1S/C23H42BP/c1-18-12-13-20-16-23(18)25(17-19(20)2)15-5-3-4-14-24-21-8-6-9-22(24)11-7-10-21/h18-23H,3-17H2,1-2H3/p+1. The first-order chi connectivity index (χ1) is 12.2. The third-order valence-corrected chi connectivity index (χ3v) is 13.2. The number of hydrogen-bond acceptors (Lipinski definition) is 0. The van der Waals surface area contributed by atoms with Gasteiger partial charge in [0.1, 0.15) is 6.71 Å². The Morgan fingerprint density at radius 3 is 2.24 bits per heavy atom. The van der Waals surface area contributed by atoms with E-state index < -0.39 is 0 Å². The van der Waals surface area contributed by atoms with Crippen LogP contribution >= 0.6 is 7.92 Å². The Kier molecular flexibility index (Phi) is 6.53. The average molecular weight is 361 g/mol. The van der Waals surface area contributed by atoms with Crippen LogP contribution in [0.3, 0.4) is 0 Å². The van der Waals surface area contributed by atoms with E-state index in [0.717, 1.165) is 36.1 Å². The van der Waals surface area contributed by atoms with Crippen LogP contribution in [0, 0.1) is 17.8 Å². The molecule has 5 unspecified atom stereocenters. The monoisotopic (exact) mass is 361 g/mol. The first-order valence-electron chi connectivity index (χ1n) is 12.1. The molecule has 0 aromatic rings. The second-order valence-corrected chi connectivity index (χ2v) is 13.6. The molecule has 4 fully saturated rings. The lowest BCUT2D eigenvalue weighted by Crippen LogP contribution is -2.37. The fourth-order valence-electron chi connectivity index (χ4n) is 7.65. The van der Waals surface area contributed by atoms with Crippen LogP contribution in [-0.4, -0.2) is 24.7 Å². The van der Waals surface area contributed by atoms with Gasteiger partial charge in [0.25, 0.3) is 0 Å². The molecule has 0 aromatic carbocycles. The molecule has 0 radical (unpaired) electrons. The molecule has 3 saturated heterocycles. The molecule has 4 aliphatic rings. The van der Waals surface area contributed by atoms with Crippen LogP contribution in [0.5, 0.6) is 0 Å². The van der Waals surface area contributed by atoms with Crippen molar-refractivity contribution in [3.63, 3.8) is 0 Å². The summed E-state index contributed by atoms with van der Waals surface area (Å²) in [6.45, 7) is 6.32. The smallest absolute Gasteiger partial charge is 0.0737 e. The maximum Gasteiger partial charge on any atom is 0.146 e. The second kappa shape index (κ2) is 8.67. The molecular formula is C23H43BP+. The summed E-state index contributed by atoms with van der Waals surface area (Å²) in [6.07, 6.45) is 23.8. The van der Waals surface area contributed by atoms with Gasteiger partial charge in [-0.1, -0.05) is 83.2 Å². The Morgan fingerprint density at radius 2 is 1.52 bits per heavy atom. The third-order valence-electron chi connectivity index (χ3n) is 9.20. The van der Waals surface area contributed by atoms with Gasteiger partial charge in [0.2, 0.25) is 0 Å². The van der Waals surface area contributed by atoms with E-state index in [2.05, 4.69) is 13.8 Å². The number of hydrogen-bond donors (Lipinski definition) is 0. The molecule has 4 bridgehead atoms. The van der Waals surface area contributed by atoms with Gasteiger partial charge in [0.05, 0.1) is 18.0 Å². The van der Waals surface area contributed by atoms with Crippen molar-refractivity contribution >= 4 is 14.6 Å². The minimum atomic E-state index is -0.0353. The molecule has 3 aliphatic heterocycles. The summed E-state index contributed by atoms with van der Waals surface area (Å²) < 4.78 is 0. The Bertz CT molecular complexity index is 402. The molecule has 0 nitrogen and oxygen atoms in total. The molecule has 25 heavy (non-hydrogen) atoms. The summed E-state index contributed by atoms with van der Waals surface area (Å²) in [5.74, 6) is 5.52. The zero-order chi connectivity index (χ0) is 17.2. The maximum atomic E-state index is 2.59. The molecule has 0 spiro atoms. The first kappa shape index (κ1) is 18.8. The molecule has 0 N–H and O–H groups in total. The highest BCUT2D eigenvalue weighted by molar-refractivity contribution is 7.58. The van der Waals surface area contributed by atoms with Gasteiger partial charge in [-0.3, -0.25) is 0 Å². The van der Waals surface area contributed by atoms with E-state index in [1.54, 1.807) is 95.7 Å². The second-order valence-electron chi connectivity index (χ2n) is 10.6. The average Bonchev–Trinajstić information content (AvgIpc) is 2.60. The molecule has 4 rings (SSSR count). The van der Waals surface area contributed by atoms with E-state index in [9.17, 15) is 0 Å². The van der Waals surface area contributed by atoms with Crippen molar-refractivity contribution in [1.29, 1.82) is 0 Å². The molecule has 5 atom stereocenters. The first-order valence-corrected chi connectivity index (χ1v) is 14.1. The summed E-state index contributed by atoms with van der Waals surface area (Å²) in [7, 11) is -0.0353. The zero-order valence-corrected chi connectivity index (χ0v) is 18.1. The zero-order valence-electron chi connectivity index (χ0n) is 17.1. The molecule has 1 saturated carbocycles. The van der Waals surface area contributed by atoms with E-state index in [0.29, 0.717) is 0 Å². The SMILES string of the molecule is CC1C[PH+](CCCCCB2C3CCCC2CCC3)C2CC1CCC2C. The van der Waals surface area contributed by atoms with Gasteiger partial charge >= 0.3 is 0 Å². The van der Waals surface area contributed by atoms with Gasteiger partial charge in [0, 0.05) is 7.92 Å². The van der Waals surface area contributed by atoms with Crippen molar-refractivity contribution in [2.45, 2.75) is 115 Å². The van der Waals surface area contributed by atoms with Gasteiger partial charge in [-0.05, 0) is 43.4 Å². The topological polar surface area (TPSA) is 0 Å². The number of fused-ring (bicyclic) bond motifs is 4. The molecular weight excluding hydrogens is 318 g/mol. The normalized spacial score (nSPS) is 43.9. The van der Waals surface area contributed by atoms with E-state index in [1.165, 1.54) is 5.66 Å². The predicted octanol–water partition coefficient (Wildman–Crippen LogP) is 7.43. The van der Waals surface area contributed by atoms with Crippen molar-refractivity contribution in [3.8, 4) is 0 Å². The summed E-state index contributed by atoms with van der Waals surface area (Å²) in [5.41, 5.74) is 1.19. The van der Waals surface area contributed by atoms with Crippen LogP contribution in [0.25, 0.3) is 0 Å². The Balaban J connectivity index is 1.18. The van der Waals surface area contributed by atoms with Gasteiger partial charge in [0.15, 0.2) is 0 Å². The lowest BCUT2D eigenvalue weighted by atomic mass is 9.26. The van der Waals surface area contributed by atoms with E-state index in [-0.39, 0.29) is 7.92 Å². The number of rotatable bonds is 6. The third kappa shape index (κ3) is 4.33. The molecule has 142 valence electrons. The highest BCUT2D eigenvalue weighted by Crippen LogP contribution is 2.58. The largest absolute Gasteiger partial charge is 0.146 e. The Morgan fingerprint density at radius 1 is 0.800 bits per heavy atom. The van der Waals surface area contributed by atoms with Gasteiger partial charge in [-0.15, -0.1) is 0 Å². The van der Waals surface area contributed by atoms with Crippen LogP contribution in [0.4, 0.5) is 0 Å². The van der Waals surface area contributed by atoms with Gasteiger partial charge < -0.3 is 0 Å². The fourth-order valence-corrected chi connectivity index (χ4v) is 12.0. The van der Waals surface area contributed by atoms with Crippen LogP contribution in [0.1, 0.15) is 90.9 Å². The van der Waals surface area contributed by atoms with E-state index in [4.69, 9.17) is 0 Å². The van der Waals surface area contributed by atoms with Crippen molar-refractivity contribution < 1.29 is 0 Å². The van der Waals surface area contributed by atoms with Crippen molar-refractivity contribution in [2.75, 3.05) is 12.3 Å². The van der Waals surface area contributed by atoms with Crippen molar-refractivity contribution in [2.24, 2.45) is 17.8 Å². The van der Waals surface area contributed by atoms with E-state index in [1.807, 2.05) is 0 Å². The predicted molar refractivity (Wildman–Crippen MR) is 117 cm³/mol. The van der Waals surface area contributed by atoms with Gasteiger partial charge in [-0.2, -0.15) is 0 Å².